The van der Waals surface area contributed by atoms with Crippen LogP contribution in [-0.2, 0) is 11.2 Å². The summed E-state index contributed by atoms with van der Waals surface area (Å²) >= 11 is 18.9. The molecule has 3 aromatic carbocycles. The lowest BCUT2D eigenvalue weighted by molar-refractivity contribution is -0.384. The summed E-state index contributed by atoms with van der Waals surface area (Å²) in [6.45, 7) is 0. The molecule has 0 radical (unpaired) electrons. The summed E-state index contributed by atoms with van der Waals surface area (Å²) in [5.74, 6) is -2.38. The molecule has 0 heterocycles. The summed E-state index contributed by atoms with van der Waals surface area (Å²) < 4.78 is 11.8. The third-order valence-corrected chi connectivity index (χ3v) is 6.89. The summed E-state index contributed by atoms with van der Waals surface area (Å²) in [7, 11) is 0. The fourth-order valence-corrected chi connectivity index (χ4v) is 4.92. The second-order valence-corrected chi connectivity index (χ2v) is 9.75. The standard InChI is InChI=1S/C24H16Cl3FN2O4/c25-19-10-1-13(11-18(19)23(32)29-16-6-4-15(28)5-7-16)12-20(31)22-21(24(22,26)27)14-2-8-17(9-3-14)30(33)34/h1-11,21-22H,12H2,(H,29,32). The first kappa shape index (κ1) is 24.1. The number of non-ortho nitro benzene ring substituents is 1. The zero-order chi connectivity index (χ0) is 24.6. The lowest BCUT2D eigenvalue weighted by Gasteiger charge is -2.09. The second-order valence-electron chi connectivity index (χ2n) is 7.90. The van der Waals surface area contributed by atoms with Crippen molar-refractivity contribution in [3.05, 3.63) is 104 Å². The van der Waals surface area contributed by atoms with Gasteiger partial charge < -0.3 is 5.32 Å². The molecule has 174 valence electrons. The van der Waals surface area contributed by atoms with Crippen LogP contribution < -0.4 is 5.32 Å². The topological polar surface area (TPSA) is 89.3 Å². The van der Waals surface area contributed by atoms with E-state index in [-0.39, 0.29) is 28.5 Å². The van der Waals surface area contributed by atoms with Crippen molar-refractivity contribution in [2.75, 3.05) is 5.32 Å². The Bertz CT molecular complexity index is 1280. The fourth-order valence-electron chi connectivity index (χ4n) is 3.84. The molecule has 1 fully saturated rings. The van der Waals surface area contributed by atoms with Crippen LogP contribution in [-0.4, -0.2) is 20.9 Å². The maximum absolute atomic E-state index is 13.1. The zero-order valence-electron chi connectivity index (χ0n) is 17.3. The number of nitrogens with one attached hydrogen (secondary N) is 1. The molecule has 0 aliphatic heterocycles. The van der Waals surface area contributed by atoms with Crippen molar-refractivity contribution in [3.8, 4) is 0 Å². The van der Waals surface area contributed by atoms with Gasteiger partial charge in [-0.05, 0) is 47.5 Å². The molecule has 0 bridgehead atoms. The van der Waals surface area contributed by atoms with Crippen LogP contribution in [0.4, 0.5) is 15.8 Å². The van der Waals surface area contributed by atoms with Gasteiger partial charge in [0.15, 0.2) is 0 Å². The van der Waals surface area contributed by atoms with Crippen LogP contribution in [0.1, 0.15) is 27.4 Å². The molecule has 34 heavy (non-hydrogen) atoms. The van der Waals surface area contributed by atoms with E-state index in [1.807, 2.05) is 0 Å². The number of ketones is 1. The highest BCUT2D eigenvalue weighted by molar-refractivity contribution is 6.53. The van der Waals surface area contributed by atoms with Gasteiger partial charge in [-0.25, -0.2) is 4.39 Å². The molecule has 0 spiro atoms. The number of rotatable bonds is 7. The molecule has 2 unspecified atom stereocenters. The van der Waals surface area contributed by atoms with E-state index in [4.69, 9.17) is 34.8 Å². The highest BCUT2D eigenvalue weighted by Gasteiger charge is 2.66. The third kappa shape index (κ3) is 4.92. The number of anilines is 1. The molecule has 1 N–H and O–H groups in total. The number of amides is 1. The molecule has 0 saturated heterocycles. The van der Waals surface area contributed by atoms with Crippen LogP contribution in [0.2, 0.25) is 5.02 Å². The minimum absolute atomic E-state index is 0.0384. The average molecular weight is 522 g/mol. The van der Waals surface area contributed by atoms with Crippen molar-refractivity contribution in [3.63, 3.8) is 0 Å². The first-order valence-electron chi connectivity index (χ1n) is 10.1. The number of carbonyl (C=O) groups excluding carboxylic acids is 2. The van der Waals surface area contributed by atoms with Crippen LogP contribution in [0.25, 0.3) is 0 Å². The van der Waals surface area contributed by atoms with Crippen molar-refractivity contribution in [1.29, 1.82) is 0 Å². The number of carbonyl (C=O) groups is 2. The Balaban J connectivity index is 1.48. The number of Topliss-reactive ketones (excluding diaryl/α,β-unsaturated/α-hetero) is 1. The van der Waals surface area contributed by atoms with Gasteiger partial charge in [-0.3, -0.25) is 19.7 Å². The molecule has 1 aliphatic carbocycles. The minimum Gasteiger partial charge on any atom is -0.322 e. The van der Waals surface area contributed by atoms with E-state index in [0.29, 0.717) is 16.8 Å². The quantitative estimate of drug-likeness (QED) is 0.223. The minimum atomic E-state index is -1.33. The Morgan fingerprint density at radius 1 is 1.03 bits per heavy atom. The summed E-state index contributed by atoms with van der Waals surface area (Å²) in [4.78, 5) is 36.0. The van der Waals surface area contributed by atoms with Crippen molar-refractivity contribution in [1.82, 2.24) is 0 Å². The summed E-state index contributed by atoms with van der Waals surface area (Å²) in [5, 5.41) is 13.7. The number of nitrogens with zero attached hydrogens (tertiary/aromatic N) is 1. The molecule has 2 atom stereocenters. The molecule has 0 aromatic heterocycles. The van der Waals surface area contributed by atoms with E-state index in [1.165, 1.54) is 60.7 Å². The van der Waals surface area contributed by atoms with Gasteiger partial charge in [0.2, 0.25) is 0 Å². The van der Waals surface area contributed by atoms with Gasteiger partial charge in [0.25, 0.3) is 11.6 Å². The van der Waals surface area contributed by atoms with Crippen LogP contribution in [0.15, 0.2) is 66.7 Å². The lowest BCUT2D eigenvalue weighted by atomic mass is 10.0. The SMILES string of the molecule is O=C(Nc1ccc(F)cc1)c1cc(CC(=O)C2C(c3ccc([N+](=O)[O-])cc3)C2(Cl)Cl)ccc1Cl. The average Bonchev–Trinajstić information content (AvgIpc) is 3.38. The third-order valence-electron chi connectivity index (χ3n) is 5.62. The largest absolute Gasteiger partial charge is 0.322 e. The van der Waals surface area contributed by atoms with E-state index < -0.39 is 32.8 Å². The predicted molar refractivity (Wildman–Crippen MR) is 128 cm³/mol. The van der Waals surface area contributed by atoms with Gasteiger partial charge in [-0.2, -0.15) is 0 Å². The Kier molecular flexibility index (Phi) is 6.62. The fraction of sp³-hybridized carbons (Fsp3) is 0.167. The molecule has 1 aliphatic rings. The van der Waals surface area contributed by atoms with Crippen LogP contribution in [0, 0.1) is 21.8 Å². The van der Waals surface area contributed by atoms with Crippen molar-refractivity contribution in [2.24, 2.45) is 5.92 Å². The van der Waals surface area contributed by atoms with E-state index in [0.717, 1.165) is 0 Å². The van der Waals surface area contributed by atoms with Gasteiger partial charge in [-0.1, -0.05) is 29.8 Å². The molecule has 4 rings (SSSR count). The first-order valence-corrected chi connectivity index (χ1v) is 11.2. The maximum atomic E-state index is 13.1. The van der Waals surface area contributed by atoms with Crippen molar-refractivity contribution >= 4 is 57.9 Å². The van der Waals surface area contributed by atoms with E-state index in [2.05, 4.69) is 5.32 Å². The predicted octanol–water partition coefficient (Wildman–Crippen LogP) is 6.34. The van der Waals surface area contributed by atoms with Gasteiger partial charge in [0.1, 0.15) is 15.9 Å². The molecule has 10 heteroatoms. The molecule has 1 amide bonds. The van der Waals surface area contributed by atoms with Crippen LogP contribution >= 0.6 is 34.8 Å². The number of hydrogen-bond acceptors (Lipinski definition) is 4. The normalized spacial score (nSPS) is 18.2. The zero-order valence-corrected chi connectivity index (χ0v) is 19.6. The Hall–Kier alpha value is -3.00. The second kappa shape index (κ2) is 9.33. The highest BCUT2D eigenvalue weighted by atomic mass is 35.5. The lowest BCUT2D eigenvalue weighted by Crippen LogP contribution is -2.14. The smallest absolute Gasteiger partial charge is 0.269 e. The monoisotopic (exact) mass is 520 g/mol. The number of halogens is 4. The summed E-state index contributed by atoms with van der Waals surface area (Å²) in [6, 6.07) is 15.7. The molecule has 1 saturated carbocycles. The Morgan fingerprint density at radius 2 is 1.68 bits per heavy atom. The van der Waals surface area contributed by atoms with Gasteiger partial charge in [-0.15, -0.1) is 23.2 Å². The highest BCUT2D eigenvalue weighted by Crippen LogP contribution is 2.65. The van der Waals surface area contributed by atoms with Gasteiger partial charge in [0, 0.05) is 30.2 Å². The summed E-state index contributed by atoms with van der Waals surface area (Å²) in [6.07, 6.45) is -0.0384. The Morgan fingerprint density at radius 3 is 2.29 bits per heavy atom. The van der Waals surface area contributed by atoms with E-state index >= 15 is 0 Å². The van der Waals surface area contributed by atoms with Gasteiger partial charge in [0.05, 0.1) is 21.4 Å². The number of alkyl halides is 2. The van der Waals surface area contributed by atoms with Crippen molar-refractivity contribution < 1.29 is 18.9 Å². The van der Waals surface area contributed by atoms with Gasteiger partial charge >= 0.3 is 0 Å². The molecule has 6 nitrogen and oxygen atoms in total. The molecule has 3 aromatic rings. The molecular formula is C24H16Cl3FN2O4. The first-order chi connectivity index (χ1) is 16.1. The van der Waals surface area contributed by atoms with E-state index in [9.17, 15) is 24.1 Å². The Labute approximate surface area is 208 Å². The maximum Gasteiger partial charge on any atom is 0.269 e. The summed E-state index contributed by atoms with van der Waals surface area (Å²) in [5.41, 5.74) is 1.64. The number of benzene rings is 3. The number of hydrogen-bond donors (Lipinski definition) is 1. The number of nitro groups is 1. The van der Waals surface area contributed by atoms with Crippen molar-refractivity contribution in [2.45, 2.75) is 16.7 Å². The molecular weight excluding hydrogens is 506 g/mol. The number of nitro benzene ring substituents is 1. The van der Waals surface area contributed by atoms with Crippen LogP contribution in [0.5, 0.6) is 0 Å². The van der Waals surface area contributed by atoms with Crippen LogP contribution in [0.3, 0.4) is 0 Å². The van der Waals surface area contributed by atoms with E-state index in [1.54, 1.807) is 6.07 Å².